The fourth-order valence-electron chi connectivity index (χ4n) is 1.66. The van der Waals surface area contributed by atoms with Crippen LogP contribution in [0.2, 0.25) is 0 Å². The van der Waals surface area contributed by atoms with Crippen molar-refractivity contribution >= 4 is 11.6 Å². The molecule has 1 aromatic carbocycles. The van der Waals surface area contributed by atoms with E-state index in [2.05, 4.69) is 10.4 Å². The molecule has 3 N–H and O–H groups in total. The van der Waals surface area contributed by atoms with Crippen molar-refractivity contribution in [3.05, 3.63) is 42.2 Å². The van der Waals surface area contributed by atoms with Crippen LogP contribution in [0.3, 0.4) is 0 Å². The number of carbonyl (C=O) groups is 1. The first-order valence-corrected chi connectivity index (χ1v) is 6.37. The van der Waals surface area contributed by atoms with Gasteiger partial charge in [0.25, 0.3) is 0 Å². The van der Waals surface area contributed by atoms with Gasteiger partial charge in [0.05, 0.1) is 25.3 Å². The molecule has 0 saturated carbocycles. The zero-order valence-corrected chi connectivity index (χ0v) is 11.4. The Morgan fingerprint density at radius 3 is 2.75 bits per heavy atom. The second-order valence-corrected chi connectivity index (χ2v) is 4.42. The number of carbonyl (C=O) groups excluding carboxylic acids is 1. The SMILES string of the molecule is Cn1ccc(CNC(=O)CCOc2ccc(N)cc2)n1. The molecule has 20 heavy (non-hydrogen) atoms. The standard InChI is InChI=1S/C14H18N4O2/c1-18-8-6-12(17-18)10-16-14(19)7-9-20-13-4-2-11(15)3-5-13/h2-6,8H,7,9-10,15H2,1H3,(H,16,19). The number of aryl methyl sites for hydroxylation is 1. The van der Waals surface area contributed by atoms with E-state index in [0.717, 1.165) is 5.69 Å². The summed E-state index contributed by atoms with van der Waals surface area (Å²) in [6.07, 6.45) is 2.14. The summed E-state index contributed by atoms with van der Waals surface area (Å²) in [6.45, 7) is 0.763. The molecule has 6 nitrogen and oxygen atoms in total. The Bertz CT molecular complexity index is 563. The number of nitrogen functional groups attached to an aromatic ring is 1. The molecule has 0 aliphatic carbocycles. The van der Waals surface area contributed by atoms with Gasteiger partial charge in [-0.2, -0.15) is 5.10 Å². The number of hydrogen-bond acceptors (Lipinski definition) is 4. The Labute approximate surface area is 117 Å². The van der Waals surface area contributed by atoms with Gasteiger partial charge >= 0.3 is 0 Å². The third-order valence-corrected chi connectivity index (χ3v) is 2.71. The lowest BCUT2D eigenvalue weighted by Gasteiger charge is -2.06. The van der Waals surface area contributed by atoms with Gasteiger partial charge in [-0.15, -0.1) is 0 Å². The molecule has 0 bridgehead atoms. The smallest absolute Gasteiger partial charge is 0.223 e. The molecule has 2 rings (SSSR count). The molecule has 0 radical (unpaired) electrons. The highest BCUT2D eigenvalue weighted by Gasteiger charge is 2.03. The van der Waals surface area contributed by atoms with Crippen molar-refractivity contribution in [1.29, 1.82) is 0 Å². The first-order chi connectivity index (χ1) is 9.63. The summed E-state index contributed by atoms with van der Waals surface area (Å²) < 4.78 is 7.15. The molecule has 106 valence electrons. The molecule has 1 heterocycles. The molecule has 0 saturated heterocycles. The minimum Gasteiger partial charge on any atom is -0.493 e. The van der Waals surface area contributed by atoms with Crippen LogP contribution < -0.4 is 15.8 Å². The van der Waals surface area contributed by atoms with Gasteiger partial charge in [-0.1, -0.05) is 0 Å². The maximum Gasteiger partial charge on any atom is 0.223 e. The van der Waals surface area contributed by atoms with E-state index in [4.69, 9.17) is 10.5 Å². The minimum atomic E-state index is -0.0638. The molecular weight excluding hydrogens is 256 g/mol. The largest absolute Gasteiger partial charge is 0.493 e. The molecule has 0 aliphatic rings. The number of ether oxygens (including phenoxy) is 1. The van der Waals surface area contributed by atoms with Crippen molar-refractivity contribution in [2.45, 2.75) is 13.0 Å². The van der Waals surface area contributed by atoms with Gasteiger partial charge in [0.1, 0.15) is 5.75 Å². The van der Waals surface area contributed by atoms with E-state index < -0.39 is 0 Å². The lowest BCUT2D eigenvalue weighted by Crippen LogP contribution is -2.24. The van der Waals surface area contributed by atoms with Gasteiger partial charge in [0.2, 0.25) is 5.91 Å². The van der Waals surface area contributed by atoms with Crippen molar-refractivity contribution in [3.8, 4) is 5.75 Å². The van der Waals surface area contributed by atoms with E-state index in [1.54, 1.807) is 28.9 Å². The van der Waals surface area contributed by atoms with Crippen LogP contribution in [0, 0.1) is 0 Å². The summed E-state index contributed by atoms with van der Waals surface area (Å²) >= 11 is 0. The summed E-state index contributed by atoms with van der Waals surface area (Å²) in [7, 11) is 1.84. The first kappa shape index (κ1) is 13.9. The topological polar surface area (TPSA) is 82.2 Å². The van der Waals surface area contributed by atoms with Gasteiger partial charge < -0.3 is 15.8 Å². The monoisotopic (exact) mass is 274 g/mol. The maximum atomic E-state index is 11.6. The molecule has 1 aromatic heterocycles. The fraction of sp³-hybridized carbons (Fsp3) is 0.286. The number of hydrogen-bond donors (Lipinski definition) is 2. The van der Waals surface area contributed by atoms with Crippen LogP contribution in [-0.2, 0) is 18.4 Å². The zero-order valence-electron chi connectivity index (χ0n) is 11.4. The maximum absolute atomic E-state index is 11.6. The Hall–Kier alpha value is -2.50. The van der Waals surface area contributed by atoms with Gasteiger partial charge in [0.15, 0.2) is 0 Å². The van der Waals surface area contributed by atoms with Crippen LogP contribution in [0.15, 0.2) is 36.5 Å². The summed E-state index contributed by atoms with van der Waals surface area (Å²) in [5, 5.41) is 6.97. The number of nitrogens with two attached hydrogens (primary N) is 1. The predicted octanol–water partition coefficient (Wildman–Crippen LogP) is 1.09. The van der Waals surface area contributed by atoms with Crippen LogP contribution in [0.1, 0.15) is 12.1 Å². The van der Waals surface area contributed by atoms with E-state index >= 15 is 0 Å². The molecule has 2 aromatic rings. The summed E-state index contributed by atoms with van der Waals surface area (Å²) in [5.74, 6) is 0.642. The van der Waals surface area contributed by atoms with E-state index in [0.29, 0.717) is 31.0 Å². The quantitative estimate of drug-likeness (QED) is 0.772. The second kappa shape index (κ2) is 6.60. The van der Waals surface area contributed by atoms with Crippen molar-refractivity contribution in [1.82, 2.24) is 15.1 Å². The van der Waals surface area contributed by atoms with Crippen molar-refractivity contribution < 1.29 is 9.53 Å². The average Bonchev–Trinajstić information content (AvgIpc) is 2.85. The summed E-state index contributed by atoms with van der Waals surface area (Å²) in [5.41, 5.74) is 7.09. The number of nitrogens with zero attached hydrogens (tertiary/aromatic N) is 2. The fourth-order valence-corrected chi connectivity index (χ4v) is 1.66. The molecule has 0 unspecified atom stereocenters. The Balaban J connectivity index is 1.66. The highest BCUT2D eigenvalue weighted by molar-refractivity contribution is 5.75. The van der Waals surface area contributed by atoms with Gasteiger partial charge in [-0.3, -0.25) is 9.48 Å². The summed E-state index contributed by atoms with van der Waals surface area (Å²) in [6, 6.07) is 8.94. The van der Waals surface area contributed by atoms with E-state index in [1.165, 1.54) is 0 Å². The lowest BCUT2D eigenvalue weighted by molar-refractivity contribution is -0.121. The van der Waals surface area contributed by atoms with Crippen LogP contribution >= 0.6 is 0 Å². The lowest BCUT2D eigenvalue weighted by atomic mass is 10.3. The molecule has 0 aliphatic heterocycles. The Morgan fingerprint density at radius 2 is 2.10 bits per heavy atom. The second-order valence-electron chi connectivity index (χ2n) is 4.42. The number of amides is 1. The van der Waals surface area contributed by atoms with E-state index in [-0.39, 0.29) is 5.91 Å². The van der Waals surface area contributed by atoms with Gasteiger partial charge in [0, 0.05) is 18.9 Å². The highest BCUT2D eigenvalue weighted by atomic mass is 16.5. The number of nitrogens with one attached hydrogen (secondary N) is 1. The first-order valence-electron chi connectivity index (χ1n) is 6.37. The minimum absolute atomic E-state index is 0.0638. The Kier molecular flexibility index (Phi) is 4.60. The van der Waals surface area contributed by atoms with Crippen LogP contribution in [-0.4, -0.2) is 22.3 Å². The van der Waals surface area contributed by atoms with Gasteiger partial charge in [-0.05, 0) is 30.3 Å². The molecule has 6 heteroatoms. The van der Waals surface area contributed by atoms with Crippen molar-refractivity contribution in [2.75, 3.05) is 12.3 Å². The third kappa shape index (κ3) is 4.31. The number of anilines is 1. The predicted molar refractivity (Wildman–Crippen MR) is 76.0 cm³/mol. The van der Waals surface area contributed by atoms with Crippen LogP contribution in [0.5, 0.6) is 5.75 Å². The number of aromatic nitrogens is 2. The Morgan fingerprint density at radius 1 is 1.35 bits per heavy atom. The molecular formula is C14H18N4O2. The highest BCUT2D eigenvalue weighted by Crippen LogP contribution is 2.13. The zero-order chi connectivity index (χ0) is 14.4. The van der Waals surface area contributed by atoms with E-state index in [9.17, 15) is 4.79 Å². The molecule has 1 amide bonds. The van der Waals surface area contributed by atoms with Gasteiger partial charge in [-0.25, -0.2) is 0 Å². The average molecular weight is 274 g/mol. The molecule has 0 fully saturated rings. The normalized spacial score (nSPS) is 10.2. The van der Waals surface area contributed by atoms with E-state index in [1.807, 2.05) is 19.3 Å². The molecule has 0 atom stereocenters. The van der Waals surface area contributed by atoms with Crippen molar-refractivity contribution in [2.24, 2.45) is 7.05 Å². The van der Waals surface area contributed by atoms with Crippen LogP contribution in [0.25, 0.3) is 0 Å². The third-order valence-electron chi connectivity index (χ3n) is 2.71. The number of benzene rings is 1. The van der Waals surface area contributed by atoms with Crippen molar-refractivity contribution in [3.63, 3.8) is 0 Å². The number of rotatable bonds is 6. The molecule has 0 spiro atoms. The van der Waals surface area contributed by atoms with Crippen LogP contribution in [0.4, 0.5) is 5.69 Å². The summed E-state index contributed by atoms with van der Waals surface area (Å²) in [4.78, 5) is 11.6.